The fourth-order valence-corrected chi connectivity index (χ4v) is 2.28. The van der Waals surface area contributed by atoms with Crippen molar-refractivity contribution in [1.82, 2.24) is 5.32 Å². The zero-order chi connectivity index (χ0) is 12.4. The van der Waals surface area contributed by atoms with Gasteiger partial charge < -0.3 is 5.32 Å². The molecule has 1 aromatic carbocycles. The highest BCUT2D eigenvalue weighted by molar-refractivity contribution is 9.10. The molecule has 2 unspecified atom stereocenters. The molecular weight excluding hydrogens is 285 g/mol. The van der Waals surface area contributed by atoms with Crippen molar-refractivity contribution in [3.05, 3.63) is 34.1 Å². The van der Waals surface area contributed by atoms with Crippen LogP contribution in [0.1, 0.15) is 18.9 Å². The molecule has 4 heteroatoms. The predicted octanol–water partition coefficient (Wildman–Crippen LogP) is 2.90. The minimum absolute atomic E-state index is 0.105. The standard InChI is InChI=1S/C13H15BrFNO/c1-8-6-11(8)13(17)16-5-4-9-7-10(14)2-3-12(9)15/h2-3,7-8,11H,4-6H2,1H3,(H,16,17). The van der Waals surface area contributed by atoms with Crippen molar-refractivity contribution >= 4 is 21.8 Å². The van der Waals surface area contributed by atoms with Crippen molar-refractivity contribution in [2.75, 3.05) is 6.54 Å². The quantitative estimate of drug-likeness (QED) is 0.910. The molecule has 0 heterocycles. The van der Waals surface area contributed by atoms with E-state index >= 15 is 0 Å². The Morgan fingerprint density at radius 2 is 2.29 bits per heavy atom. The number of carbonyl (C=O) groups is 1. The number of carbonyl (C=O) groups excluding carboxylic acids is 1. The molecule has 1 saturated carbocycles. The molecule has 2 rings (SSSR count). The molecule has 2 atom stereocenters. The number of hydrogen-bond donors (Lipinski definition) is 1. The van der Waals surface area contributed by atoms with Gasteiger partial charge in [0.2, 0.25) is 5.91 Å². The van der Waals surface area contributed by atoms with Gasteiger partial charge in [0.05, 0.1) is 0 Å². The highest BCUT2D eigenvalue weighted by Crippen LogP contribution is 2.37. The Kier molecular flexibility index (Phi) is 3.82. The summed E-state index contributed by atoms with van der Waals surface area (Å²) in [6.45, 7) is 2.56. The Balaban J connectivity index is 1.81. The molecule has 1 N–H and O–H groups in total. The molecule has 1 aliphatic rings. The monoisotopic (exact) mass is 299 g/mol. The molecule has 0 spiro atoms. The highest BCUT2D eigenvalue weighted by Gasteiger charge is 2.38. The Morgan fingerprint density at radius 1 is 1.59 bits per heavy atom. The molecule has 0 aliphatic heterocycles. The second-order valence-corrected chi connectivity index (χ2v) is 5.51. The van der Waals surface area contributed by atoms with Gasteiger partial charge in [-0.05, 0) is 42.5 Å². The van der Waals surface area contributed by atoms with E-state index < -0.39 is 0 Å². The van der Waals surface area contributed by atoms with Crippen molar-refractivity contribution < 1.29 is 9.18 Å². The molecule has 2 nitrogen and oxygen atoms in total. The minimum atomic E-state index is -0.220. The predicted molar refractivity (Wildman–Crippen MR) is 68.1 cm³/mol. The fourth-order valence-electron chi connectivity index (χ4n) is 1.87. The first-order chi connectivity index (χ1) is 8.08. The molecule has 0 saturated heterocycles. The number of hydrogen-bond acceptors (Lipinski definition) is 1. The smallest absolute Gasteiger partial charge is 0.223 e. The molecule has 1 aromatic rings. The summed E-state index contributed by atoms with van der Waals surface area (Å²) in [4.78, 5) is 11.5. The maximum Gasteiger partial charge on any atom is 0.223 e. The van der Waals surface area contributed by atoms with E-state index in [2.05, 4.69) is 28.2 Å². The van der Waals surface area contributed by atoms with Crippen LogP contribution in [0.5, 0.6) is 0 Å². The average Bonchev–Trinajstić information content (AvgIpc) is 3.00. The van der Waals surface area contributed by atoms with Gasteiger partial charge in [-0.3, -0.25) is 4.79 Å². The van der Waals surface area contributed by atoms with E-state index in [-0.39, 0.29) is 17.6 Å². The SMILES string of the molecule is CC1CC1C(=O)NCCc1cc(Br)ccc1F. The van der Waals surface area contributed by atoms with Crippen molar-refractivity contribution in [1.29, 1.82) is 0 Å². The molecule has 1 fully saturated rings. The second-order valence-electron chi connectivity index (χ2n) is 4.60. The van der Waals surface area contributed by atoms with E-state index in [9.17, 15) is 9.18 Å². The lowest BCUT2D eigenvalue weighted by molar-refractivity contribution is -0.122. The third-order valence-corrected chi connectivity index (χ3v) is 3.64. The van der Waals surface area contributed by atoms with Crippen molar-refractivity contribution in [3.63, 3.8) is 0 Å². The van der Waals surface area contributed by atoms with Crippen LogP contribution in [0.15, 0.2) is 22.7 Å². The van der Waals surface area contributed by atoms with Crippen LogP contribution in [0.2, 0.25) is 0 Å². The molecule has 1 amide bonds. The third kappa shape index (κ3) is 3.28. The first-order valence-corrected chi connectivity index (χ1v) is 6.59. The number of nitrogens with one attached hydrogen (secondary N) is 1. The molecule has 0 bridgehead atoms. The Hall–Kier alpha value is -0.900. The minimum Gasteiger partial charge on any atom is -0.356 e. The van der Waals surface area contributed by atoms with Crippen LogP contribution in [0, 0.1) is 17.7 Å². The summed E-state index contributed by atoms with van der Waals surface area (Å²) in [5, 5.41) is 2.85. The number of amides is 1. The number of halogens is 2. The van der Waals surface area contributed by atoms with E-state index in [1.54, 1.807) is 12.1 Å². The van der Waals surface area contributed by atoms with Gasteiger partial charge in [-0.2, -0.15) is 0 Å². The average molecular weight is 300 g/mol. The second kappa shape index (κ2) is 5.17. The number of benzene rings is 1. The van der Waals surface area contributed by atoms with Gasteiger partial charge in [0.25, 0.3) is 0 Å². The first kappa shape index (κ1) is 12.6. The topological polar surface area (TPSA) is 29.1 Å². The summed E-state index contributed by atoms with van der Waals surface area (Å²) >= 11 is 3.30. The molecular formula is C13H15BrFNO. The van der Waals surface area contributed by atoms with Crippen LogP contribution in [0.4, 0.5) is 4.39 Å². The van der Waals surface area contributed by atoms with E-state index in [4.69, 9.17) is 0 Å². The Bertz CT molecular complexity index is 435. The Labute approximate surface area is 109 Å². The first-order valence-electron chi connectivity index (χ1n) is 5.79. The van der Waals surface area contributed by atoms with Crippen molar-refractivity contribution in [3.8, 4) is 0 Å². The lowest BCUT2D eigenvalue weighted by Crippen LogP contribution is -2.27. The van der Waals surface area contributed by atoms with E-state index in [1.165, 1.54) is 6.07 Å². The van der Waals surface area contributed by atoms with Gasteiger partial charge in [-0.1, -0.05) is 22.9 Å². The third-order valence-electron chi connectivity index (χ3n) is 3.15. The summed E-state index contributed by atoms with van der Waals surface area (Å²) in [6, 6.07) is 4.86. The molecule has 0 radical (unpaired) electrons. The summed E-state index contributed by atoms with van der Waals surface area (Å²) in [6.07, 6.45) is 1.51. The van der Waals surface area contributed by atoms with Crippen LogP contribution in [-0.2, 0) is 11.2 Å². The summed E-state index contributed by atoms with van der Waals surface area (Å²) in [7, 11) is 0. The lowest BCUT2D eigenvalue weighted by Gasteiger charge is -2.06. The molecule has 17 heavy (non-hydrogen) atoms. The maximum absolute atomic E-state index is 13.4. The highest BCUT2D eigenvalue weighted by atomic mass is 79.9. The zero-order valence-corrected chi connectivity index (χ0v) is 11.3. The van der Waals surface area contributed by atoms with E-state index in [1.807, 2.05) is 0 Å². The fraction of sp³-hybridized carbons (Fsp3) is 0.462. The van der Waals surface area contributed by atoms with Crippen LogP contribution in [0.3, 0.4) is 0 Å². The summed E-state index contributed by atoms with van der Waals surface area (Å²) in [5.74, 6) is 0.579. The molecule has 1 aliphatic carbocycles. The van der Waals surface area contributed by atoms with E-state index in [0.29, 0.717) is 24.4 Å². The van der Waals surface area contributed by atoms with Gasteiger partial charge in [0.15, 0.2) is 0 Å². The zero-order valence-electron chi connectivity index (χ0n) is 9.67. The van der Waals surface area contributed by atoms with Gasteiger partial charge in [0, 0.05) is 16.9 Å². The van der Waals surface area contributed by atoms with Gasteiger partial charge in [0.1, 0.15) is 5.82 Å². The summed E-state index contributed by atoms with van der Waals surface area (Å²) in [5.41, 5.74) is 0.628. The van der Waals surface area contributed by atoms with Crippen molar-refractivity contribution in [2.45, 2.75) is 19.8 Å². The summed E-state index contributed by atoms with van der Waals surface area (Å²) < 4.78 is 14.3. The van der Waals surface area contributed by atoms with Gasteiger partial charge in [-0.25, -0.2) is 4.39 Å². The molecule has 0 aromatic heterocycles. The van der Waals surface area contributed by atoms with Gasteiger partial charge >= 0.3 is 0 Å². The van der Waals surface area contributed by atoms with Crippen LogP contribution in [0.25, 0.3) is 0 Å². The van der Waals surface area contributed by atoms with Crippen LogP contribution < -0.4 is 5.32 Å². The lowest BCUT2D eigenvalue weighted by atomic mass is 10.1. The largest absolute Gasteiger partial charge is 0.356 e. The maximum atomic E-state index is 13.4. The number of rotatable bonds is 4. The van der Waals surface area contributed by atoms with E-state index in [0.717, 1.165) is 10.9 Å². The van der Waals surface area contributed by atoms with Crippen LogP contribution >= 0.6 is 15.9 Å². The Morgan fingerprint density at radius 3 is 2.94 bits per heavy atom. The molecule has 92 valence electrons. The van der Waals surface area contributed by atoms with Crippen LogP contribution in [-0.4, -0.2) is 12.5 Å². The van der Waals surface area contributed by atoms with Gasteiger partial charge in [-0.15, -0.1) is 0 Å². The van der Waals surface area contributed by atoms with Crippen molar-refractivity contribution in [2.24, 2.45) is 11.8 Å². The normalized spacial score (nSPS) is 22.3.